The number of sulfonamides is 2. The first kappa shape index (κ1) is 27.7. The number of piperidine rings is 1. The quantitative estimate of drug-likeness (QED) is 0.417. The zero-order chi connectivity index (χ0) is 28.0. The minimum absolute atomic E-state index is 0.328. The van der Waals surface area contributed by atoms with Gasteiger partial charge in [-0.05, 0) is 87.3 Å². The number of hydrogen-bond acceptors (Lipinski definition) is 7. The predicted molar refractivity (Wildman–Crippen MR) is 154 cm³/mol. The fourth-order valence-corrected chi connectivity index (χ4v) is 7.57. The third kappa shape index (κ3) is 5.73. The molecular weight excluding hydrogens is 540 g/mol. The molecule has 3 N–H and O–H groups in total. The number of benzene rings is 2. The van der Waals surface area contributed by atoms with Gasteiger partial charge in [0.1, 0.15) is 0 Å². The number of nitrogens with one attached hydrogen (secondary N) is 2. The number of carbonyl (C=O) groups excluding carboxylic acids is 1. The molecule has 1 spiro atoms. The highest BCUT2D eigenvalue weighted by Crippen LogP contribution is 2.54. The highest BCUT2D eigenvalue weighted by Gasteiger charge is 2.44. The molecular formula is C27H36N4O6S2. The summed E-state index contributed by atoms with van der Waals surface area (Å²) in [4.78, 5) is 15.7. The van der Waals surface area contributed by atoms with E-state index in [0.29, 0.717) is 46.7 Å². The van der Waals surface area contributed by atoms with E-state index in [0.717, 1.165) is 31.5 Å². The van der Waals surface area contributed by atoms with E-state index in [1.807, 2.05) is 6.07 Å². The Balaban J connectivity index is 1.42. The average Bonchev–Trinajstić information content (AvgIpc) is 3.48. The van der Waals surface area contributed by atoms with Crippen molar-refractivity contribution in [3.05, 3.63) is 47.5 Å². The van der Waals surface area contributed by atoms with Crippen LogP contribution in [0.5, 0.6) is 0 Å². The van der Waals surface area contributed by atoms with E-state index in [1.54, 1.807) is 44.2 Å². The Morgan fingerprint density at radius 3 is 2.26 bits per heavy atom. The van der Waals surface area contributed by atoms with Gasteiger partial charge in [-0.1, -0.05) is 6.07 Å². The first-order valence-corrected chi connectivity index (χ1v) is 16.5. The summed E-state index contributed by atoms with van der Waals surface area (Å²) in [6.07, 6.45) is 5.14. The lowest BCUT2D eigenvalue weighted by Gasteiger charge is -2.35. The molecule has 0 bridgehead atoms. The lowest BCUT2D eigenvalue weighted by Crippen LogP contribution is -2.36. The first-order valence-electron chi connectivity index (χ1n) is 13.4. The molecule has 2 aromatic carbocycles. The van der Waals surface area contributed by atoms with Crippen LogP contribution in [0.1, 0.15) is 55.5 Å². The van der Waals surface area contributed by atoms with Crippen LogP contribution in [0.2, 0.25) is 0 Å². The van der Waals surface area contributed by atoms with E-state index in [1.165, 1.54) is 17.1 Å². The summed E-state index contributed by atoms with van der Waals surface area (Å²) >= 11 is 0. The van der Waals surface area contributed by atoms with Crippen LogP contribution in [-0.4, -0.2) is 65.1 Å². The van der Waals surface area contributed by atoms with Crippen LogP contribution in [0.15, 0.2) is 36.4 Å². The third-order valence-electron chi connectivity index (χ3n) is 8.10. The van der Waals surface area contributed by atoms with Gasteiger partial charge in [0.2, 0.25) is 20.0 Å². The molecule has 10 nitrogen and oxygen atoms in total. The van der Waals surface area contributed by atoms with E-state index in [-0.39, 0.29) is 5.91 Å². The Labute approximate surface area is 230 Å². The molecule has 0 unspecified atom stereocenters. The van der Waals surface area contributed by atoms with Crippen molar-refractivity contribution in [1.29, 1.82) is 0 Å². The number of anilines is 4. The number of rotatable bonds is 9. The topological polar surface area (TPSA) is 136 Å². The SMILES string of the molecule is CC(C)S(=O)(=O)N1CCc2ccc(NC(=O)c3ccc(NS(=O)(=O)CCO)cc3N3CCC4(CC3)CC4)cc21. The molecule has 1 saturated carbocycles. The molecule has 12 heteroatoms. The van der Waals surface area contributed by atoms with Gasteiger partial charge in [-0.25, -0.2) is 16.8 Å². The van der Waals surface area contributed by atoms with E-state index in [4.69, 9.17) is 5.11 Å². The van der Waals surface area contributed by atoms with Crippen molar-refractivity contribution in [2.45, 2.75) is 51.2 Å². The van der Waals surface area contributed by atoms with Gasteiger partial charge in [-0.3, -0.25) is 13.8 Å². The van der Waals surface area contributed by atoms with Gasteiger partial charge in [0.15, 0.2) is 0 Å². The van der Waals surface area contributed by atoms with E-state index in [9.17, 15) is 21.6 Å². The molecule has 212 valence electrons. The highest BCUT2D eigenvalue weighted by atomic mass is 32.2. The monoisotopic (exact) mass is 576 g/mol. The molecule has 1 aliphatic carbocycles. The maximum atomic E-state index is 13.6. The molecule has 2 fully saturated rings. The Hall–Kier alpha value is -2.83. The van der Waals surface area contributed by atoms with Gasteiger partial charge < -0.3 is 15.3 Å². The van der Waals surface area contributed by atoms with Crippen molar-refractivity contribution < 1.29 is 26.7 Å². The van der Waals surface area contributed by atoms with Crippen molar-refractivity contribution in [2.75, 3.05) is 51.2 Å². The minimum atomic E-state index is -3.72. The number of aliphatic hydroxyl groups excluding tert-OH is 1. The van der Waals surface area contributed by atoms with E-state index in [2.05, 4.69) is 14.9 Å². The Kier molecular flexibility index (Phi) is 7.32. The van der Waals surface area contributed by atoms with Crippen LogP contribution < -0.4 is 19.2 Å². The van der Waals surface area contributed by atoms with E-state index < -0.39 is 37.7 Å². The highest BCUT2D eigenvalue weighted by molar-refractivity contribution is 7.93. The normalized spacial score (nSPS) is 18.4. The van der Waals surface area contributed by atoms with Crippen LogP contribution in [0.3, 0.4) is 0 Å². The first-order chi connectivity index (χ1) is 18.4. The summed E-state index contributed by atoms with van der Waals surface area (Å²) in [5.74, 6) is -0.781. The van der Waals surface area contributed by atoms with Crippen molar-refractivity contribution >= 4 is 48.7 Å². The number of amides is 1. The minimum Gasteiger partial charge on any atom is -0.395 e. The molecule has 0 radical (unpaired) electrons. The molecule has 1 amide bonds. The molecule has 0 aromatic heterocycles. The zero-order valence-electron chi connectivity index (χ0n) is 22.3. The van der Waals surface area contributed by atoms with Crippen molar-refractivity contribution in [2.24, 2.45) is 5.41 Å². The van der Waals surface area contributed by atoms with Crippen LogP contribution in [0.25, 0.3) is 0 Å². The van der Waals surface area contributed by atoms with Gasteiger partial charge in [0.25, 0.3) is 5.91 Å². The second-order valence-electron chi connectivity index (χ2n) is 11.1. The van der Waals surface area contributed by atoms with Gasteiger partial charge in [0.05, 0.1) is 40.2 Å². The Morgan fingerprint density at radius 1 is 0.949 bits per heavy atom. The van der Waals surface area contributed by atoms with E-state index >= 15 is 0 Å². The zero-order valence-corrected chi connectivity index (χ0v) is 23.9. The van der Waals surface area contributed by atoms with Crippen molar-refractivity contribution in [1.82, 2.24) is 0 Å². The number of carbonyl (C=O) groups is 1. The van der Waals surface area contributed by atoms with Gasteiger partial charge in [0, 0.05) is 25.3 Å². The fraction of sp³-hybridized carbons (Fsp3) is 0.519. The van der Waals surface area contributed by atoms with Crippen LogP contribution in [0, 0.1) is 5.41 Å². The van der Waals surface area contributed by atoms with Gasteiger partial charge in [-0.2, -0.15) is 0 Å². The maximum Gasteiger partial charge on any atom is 0.257 e. The molecule has 2 aliphatic heterocycles. The molecule has 0 atom stereocenters. The lowest BCUT2D eigenvalue weighted by atomic mass is 9.93. The summed E-state index contributed by atoms with van der Waals surface area (Å²) in [6, 6.07) is 10.1. The third-order valence-corrected chi connectivity index (χ3v) is 11.5. The summed E-state index contributed by atoms with van der Waals surface area (Å²) in [6.45, 7) is 4.73. The molecule has 1 saturated heterocycles. The van der Waals surface area contributed by atoms with Crippen molar-refractivity contribution in [3.63, 3.8) is 0 Å². The number of hydrogen-bond donors (Lipinski definition) is 3. The summed E-state index contributed by atoms with van der Waals surface area (Å²) in [5, 5.41) is 11.4. The fourth-order valence-electron chi connectivity index (χ4n) is 5.44. The second-order valence-corrected chi connectivity index (χ2v) is 15.3. The maximum absolute atomic E-state index is 13.6. The smallest absolute Gasteiger partial charge is 0.257 e. The average molecular weight is 577 g/mol. The molecule has 2 aromatic rings. The van der Waals surface area contributed by atoms with Gasteiger partial charge in [-0.15, -0.1) is 0 Å². The molecule has 5 rings (SSSR count). The standard InChI is InChI=1S/C27H36N4O6S2/c1-19(2)39(36,37)31-12-7-20-3-4-21(17-24(20)31)28-26(33)23-6-5-22(29-38(34,35)16-15-32)18-25(23)30-13-10-27(8-9-27)11-14-30/h3-6,17-19,29,32H,7-16H2,1-2H3,(H,28,33). The van der Waals surface area contributed by atoms with Gasteiger partial charge >= 0.3 is 0 Å². The Bertz CT molecular complexity index is 1480. The van der Waals surface area contributed by atoms with Crippen LogP contribution in [0.4, 0.5) is 22.7 Å². The number of aliphatic hydroxyl groups is 1. The van der Waals surface area contributed by atoms with Crippen molar-refractivity contribution in [3.8, 4) is 0 Å². The predicted octanol–water partition coefficient (Wildman–Crippen LogP) is 3.15. The summed E-state index contributed by atoms with van der Waals surface area (Å²) in [5.41, 5.74) is 3.77. The van der Waals surface area contributed by atoms with Crippen LogP contribution >= 0.6 is 0 Å². The summed E-state index contributed by atoms with van der Waals surface area (Å²) < 4.78 is 54.2. The molecule has 2 heterocycles. The lowest BCUT2D eigenvalue weighted by molar-refractivity contribution is 0.102. The number of fused-ring (bicyclic) bond motifs is 1. The van der Waals surface area contributed by atoms with Crippen LogP contribution in [-0.2, 0) is 26.5 Å². The molecule has 39 heavy (non-hydrogen) atoms. The summed E-state index contributed by atoms with van der Waals surface area (Å²) in [7, 11) is -7.22. The molecule has 3 aliphatic rings. The number of nitrogens with zero attached hydrogens (tertiary/aromatic N) is 2. The Morgan fingerprint density at radius 2 is 1.62 bits per heavy atom. The largest absolute Gasteiger partial charge is 0.395 e. The second kappa shape index (κ2) is 10.3.